The van der Waals surface area contributed by atoms with E-state index < -0.39 is 0 Å². The third-order valence-electron chi connectivity index (χ3n) is 2.99. The van der Waals surface area contributed by atoms with Crippen LogP contribution in [0.1, 0.15) is 25.3 Å². The Morgan fingerprint density at radius 3 is 2.95 bits per heavy atom. The number of rotatable bonds is 7. The lowest BCUT2D eigenvalue weighted by atomic mass is 10.2. The standard InChI is InChI=1S/C15H21NO2S/c1-3-18-15(17)14(16-12-7-8-12)10-19-13-6-4-5-11(2)9-13/h4-6,9,12,14,16H,3,7-8,10H2,1-2H3. The second-order valence-corrected chi connectivity index (χ2v) is 5.97. The maximum absolute atomic E-state index is 11.9. The summed E-state index contributed by atoms with van der Waals surface area (Å²) < 4.78 is 5.13. The molecule has 3 nitrogen and oxygen atoms in total. The first kappa shape index (κ1) is 14.4. The highest BCUT2D eigenvalue weighted by Gasteiger charge is 2.29. The highest BCUT2D eigenvalue weighted by atomic mass is 32.2. The van der Waals surface area contributed by atoms with Crippen molar-refractivity contribution in [1.82, 2.24) is 5.32 Å². The molecule has 0 radical (unpaired) electrons. The number of hydrogen-bond acceptors (Lipinski definition) is 4. The summed E-state index contributed by atoms with van der Waals surface area (Å²) in [6.45, 7) is 4.37. The molecule has 0 aliphatic heterocycles. The molecule has 1 aliphatic carbocycles. The topological polar surface area (TPSA) is 38.3 Å². The Bertz CT molecular complexity index is 432. The summed E-state index contributed by atoms with van der Waals surface area (Å²) >= 11 is 1.70. The van der Waals surface area contributed by atoms with Gasteiger partial charge in [0.1, 0.15) is 6.04 Å². The highest BCUT2D eigenvalue weighted by Crippen LogP contribution is 2.23. The molecule has 0 spiro atoms. The third kappa shape index (κ3) is 4.88. The van der Waals surface area contributed by atoms with E-state index in [1.165, 1.54) is 23.3 Å². The molecule has 104 valence electrons. The number of benzene rings is 1. The van der Waals surface area contributed by atoms with E-state index in [1.807, 2.05) is 13.0 Å². The van der Waals surface area contributed by atoms with Crippen LogP contribution in [0.25, 0.3) is 0 Å². The molecule has 1 atom stereocenters. The van der Waals surface area contributed by atoms with Gasteiger partial charge in [-0.05, 0) is 38.8 Å². The van der Waals surface area contributed by atoms with E-state index in [2.05, 4.69) is 30.4 Å². The fourth-order valence-corrected chi connectivity index (χ4v) is 2.88. The molecule has 19 heavy (non-hydrogen) atoms. The molecule has 0 amide bonds. The van der Waals surface area contributed by atoms with Gasteiger partial charge in [-0.15, -0.1) is 11.8 Å². The van der Waals surface area contributed by atoms with Gasteiger partial charge in [-0.2, -0.15) is 0 Å². The molecule has 1 aromatic carbocycles. The highest BCUT2D eigenvalue weighted by molar-refractivity contribution is 7.99. The quantitative estimate of drug-likeness (QED) is 0.615. The first-order valence-electron chi connectivity index (χ1n) is 6.81. The van der Waals surface area contributed by atoms with Crippen LogP contribution < -0.4 is 5.32 Å². The van der Waals surface area contributed by atoms with Gasteiger partial charge in [-0.3, -0.25) is 4.79 Å². The van der Waals surface area contributed by atoms with Crippen molar-refractivity contribution in [2.24, 2.45) is 0 Å². The van der Waals surface area contributed by atoms with Crippen molar-refractivity contribution in [3.05, 3.63) is 29.8 Å². The van der Waals surface area contributed by atoms with E-state index in [9.17, 15) is 4.79 Å². The predicted molar refractivity (Wildman–Crippen MR) is 78.5 cm³/mol. The van der Waals surface area contributed by atoms with E-state index in [4.69, 9.17) is 4.74 Å². The number of thioether (sulfide) groups is 1. The second kappa shape index (κ2) is 6.96. The molecule has 0 heterocycles. The van der Waals surface area contributed by atoms with Crippen LogP contribution >= 0.6 is 11.8 Å². The smallest absolute Gasteiger partial charge is 0.324 e. The Morgan fingerprint density at radius 1 is 1.53 bits per heavy atom. The largest absolute Gasteiger partial charge is 0.465 e. The van der Waals surface area contributed by atoms with Gasteiger partial charge in [-0.25, -0.2) is 0 Å². The summed E-state index contributed by atoms with van der Waals surface area (Å²) in [6, 6.07) is 8.66. The Kier molecular flexibility index (Phi) is 5.28. The van der Waals surface area contributed by atoms with Crippen LogP contribution in [0.2, 0.25) is 0 Å². The number of carbonyl (C=O) groups excluding carboxylic acids is 1. The summed E-state index contributed by atoms with van der Waals surface area (Å²) in [7, 11) is 0. The lowest BCUT2D eigenvalue weighted by Gasteiger charge is -2.16. The Morgan fingerprint density at radius 2 is 2.32 bits per heavy atom. The molecular formula is C15H21NO2S. The van der Waals surface area contributed by atoms with Crippen molar-refractivity contribution in [3.8, 4) is 0 Å². The SMILES string of the molecule is CCOC(=O)C(CSc1cccc(C)c1)NC1CC1. The van der Waals surface area contributed by atoms with Crippen molar-refractivity contribution in [2.45, 2.75) is 43.7 Å². The fourth-order valence-electron chi connectivity index (χ4n) is 1.85. The van der Waals surface area contributed by atoms with Gasteiger partial charge in [-0.1, -0.05) is 17.7 Å². The molecule has 1 unspecified atom stereocenters. The Labute approximate surface area is 119 Å². The van der Waals surface area contributed by atoms with Crippen molar-refractivity contribution < 1.29 is 9.53 Å². The molecule has 1 aliphatic rings. The lowest BCUT2D eigenvalue weighted by Crippen LogP contribution is -2.41. The van der Waals surface area contributed by atoms with Crippen molar-refractivity contribution in [2.75, 3.05) is 12.4 Å². The zero-order valence-corrected chi connectivity index (χ0v) is 12.3. The molecule has 0 saturated heterocycles. The van der Waals surface area contributed by atoms with Gasteiger partial charge in [0.2, 0.25) is 0 Å². The molecule has 1 aromatic rings. The van der Waals surface area contributed by atoms with Crippen LogP contribution in [-0.2, 0) is 9.53 Å². The molecule has 0 aromatic heterocycles. The minimum atomic E-state index is -0.196. The number of esters is 1. The van der Waals surface area contributed by atoms with E-state index in [0.717, 1.165) is 5.75 Å². The summed E-state index contributed by atoms with van der Waals surface area (Å²) in [5, 5.41) is 3.37. The Balaban J connectivity index is 1.89. The van der Waals surface area contributed by atoms with E-state index in [1.54, 1.807) is 11.8 Å². The number of carbonyl (C=O) groups is 1. The maximum atomic E-state index is 11.9. The van der Waals surface area contributed by atoms with Crippen LogP contribution in [0.4, 0.5) is 0 Å². The molecule has 4 heteroatoms. The number of aryl methyl sites for hydroxylation is 1. The number of hydrogen-bond donors (Lipinski definition) is 1. The van der Waals surface area contributed by atoms with Gasteiger partial charge >= 0.3 is 5.97 Å². The van der Waals surface area contributed by atoms with Crippen LogP contribution in [0, 0.1) is 6.92 Å². The molecule has 2 rings (SSSR count). The van der Waals surface area contributed by atoms with E-state index in [-0.39, 0.29) is 12.0 Å². The van der Waals surface area contributed by atoms with Gasteiger partial charge < -0.3 is 10.1 Å². The van der Waals surface area contributed by atoms with Gasteiger partial charge in [0.15, 0.2) is 0 Å². The van der Waals surface area contributed by atoms with Gasteiger partial charge in [0.05, 0.1) is 6.61 Å². The minimum absolute atomic E-state index is 0.130. The summed E-state index contributed by atoms with van der Waals surface area (Å²) in [5.74, 6) is 0.591. The van der Waals surface area contributed by atoms with Crippen molar-refractivity contribution in [3.63, 3.8) is 0 Å². The minimum Gasteiger partial charge on any atom is -0.465 e. The predicted octanol–water partition coefficient (Wildman–Crippen LogP) is 2.77. The summed E-state index contributed by atoms with van der Waals surface area (Å²) in [5.41, 5.74) is 1.24. The third-order valence-corrected chi connectivity index (χ3v) is 4.08. The van der Waals surface area contributed by atoms with Crippen LogP contribution in [-0.4, -0.2) is 30.4 Å². The zero-order chi connectivity index (χ0) is 13.7. The van der Waals surface area contributed by atoms with Gasteiger partial charge in [0.25, 0.3) is 0 Å². The fraction of sp³-hybridized carbons (Fsp3) is 0.533. The molecular weight excluding hydrogens is 258 g/mol. The lowest BCUT2D eigenvalue weighted by molar-refractivity contribution is -0.145. The Hall–Kier alpha value is -1.00. The number of nitrogens with one attached hydrogen (secondary N) is 1. The maximum Gasteiger partial charge on any atom is 0.324 e. The molecule has 1 saturated carbocycles. The monoisotopic (exact) mass is 279 g/mol. The van der Waals surface area contributed by atoms with Crippen LogP contribution in [0.15, 0.2) is 29.2 Å². The molecule has 0 bridgehead atoms. The first-order valence-corrected chi connectivity index (χ1v) is 7.79. The van der Waals surface area contributed by atoms with Crippen molar-refractivity contribution >= 4 is 17.7 Å². The summed E-state index contributed by atoms with van der Waals surface area (Å²) in [4.78, 5) is 13.1. The first-order chi connectivity index (χ1) is 9.19. The molecule has 1 fully saturated rings. The van der Waals surface area contributed by atoms with Crippen molar-refractivity contribution in [1.29, 1.82) is 0 Å². The van der Waals surface area contributed by atoms with Crippen LogP contribution in [0.3, 0.4) is 0 Å². The second-order valence-electron chi connectivity index (χ2n) is 4.87. The summed E-state index contributed by atoms with van der Waals surface area (Å²) in [6.07, 6.45) is 2.34. The van der Waals surface area contributed by atoms with Crippen LogP contribution in [0.5, 0.6) is 0 Å². The zero-order valence-electron chi connectivity index (χ0n) is 11.5. The normalized spacial score (nSPS) is 16.1. The van der Waals surface area contributed by atoms with E-state index >= 15 is 0 Å². The average molecular weight is 279 g/mol. The van der Waals surface area contributed by atoms with Gasteiger partial charge in [0, 0.05) is 16.7 Å². The van der Waals surface area contributed by atoms with E-state index in [0.29, 0.717) is 12.6 Å². The average Bonchev–Trinajstić information content (AvgIpc) is 3.18. The number of ether oxygens (including phenoxy) is 1. The molecule has 1 N–H and O–H groups in total.